The molecule has 3 aliphatic heterocycles. The van der Waals surface area contributed by atoms with E-state index in [1.54, 1.807) is 0 Å². The van der Waals surface area contributed by atoms with Gasteiger partial charge in [0.2, 0.25) is 5.91 Å². The molecule has 5 heterocycles. The number of aromatic nitrogens is 3. The molecule has 8 nitrogen and oxygen atoms in total. The third kappa shape index (κ3) is 3.44. The Morgan fingerprint density at radius 3 is 2.81 bits per heavy atom. The maximum Gasteiger partial charge on any atom is 0.296 e. The van der Waals surface area contributed by atoms with E-state index in [2.05, 4.69) is 20.3 Å². The quantitative estimate of drug-likeness (QED) is 0.646. The second-order valence-electron chi connectivity index (χ2n) is 8.16. The molecule has 31 heavy (non-hydrogen) atoms. The van der Waals surface area contributed by atoms with Gasteiger partial charge in [-0.25, -0.2) is 4.98 Å². The summed E-state index contributed by atoms with van der Waals surface area (Å²) in [6.07, 6.45) is 2.15. The SMILES string of the molecule is O=C1CCC(c2ccc(-c3nc4nc(O[C@@H]5CO[C@@H]6CCO[C@@H]65)[nH]c4cc3Cl)cc2)N1. The third-order valence-corrected chi connectivity index (χ3v) is 6.46. The average Bonchev–Trinajstić information content (AvgIpc) is 3.53. The molecular formula is C22H21ClN4O4. The smallest absolute Gasteiger partial charge is 0.296 e. The maximum atomic E-state index is 11.5. The molecule has 2 aromatic heterocycles. The van der Waals surface area contributed by atoms with Crippen LogP contribution in [-0.4, -0.2) is 52.4 Å². The first-order valence-electron chi connectivity index (χ1n) is 10.5. The number of H-pyrrole nitrogens is 1. The number of imidazole rings is 1. The summed E-state index contributed by atoms with van der Waals surface area (Å²) >= 11 is 6.53. The zero-order valence-corrected chi connectivity index (χ0v) is 17.4. The zero-order chi connectivity index (χ0) is 20.9. The summed E-state index contributed by atoms with van der Waals surface area (Å²) in [6.45, 7) is 1.18. The lowest BCUT2D eigenvalue weighted by molar-refractivity contribution is -0.119. The van der Waals surface area contributed by atoms with Gasteiger partial charge in [0, 0.05) is 18.6 Å². The van der Waals surface area contributed by atoms with E-state index in [1.165, 1.54) is 0 Å². The minimum atomic E-state index is -0.188. The third-order valence-electron chi connectivity index (χ3n) is 6.17. The van der Waals surface area contributed by atoms with Crippen LogP contribution < -0.4 is 10.1 Å². The Labute approximate surface area is 183 Å². The van der Waals surface area contributed by atoms with E-state index in [1.807, 2.05) is 30.3 Å². The number of carbonyl (C=O) groups excluding carboxylic acids is 1. The molecule has 0 saturated carbocycles. The Bertz CT molecular complexity index is 1150. The summed E-state index contributed by atoms with van der Waals surface area (Å²) < 4.78 is 17.5. The Hall–Kier alpha value is -2.68. The molecule has 3 saturated heterocycles. The standard InChI is InChI=1S/C22H21ClN4O4/c23-13-9-15-21(27-22(25-15)31-17-10-30-16-7-8-29-20(16)17)26-19(13)12-3-1-11(2-4-12)14-5-6-18(28)24-14/h1-4,9,14,16-17,20H,5-8,10H2,(H,24,28)(H,25,26,27)/t14?,16-,17-,20+/m1/s1. The van der Waals surface area contributed by atoms with Gasteiger partial charge in [0.25, 0.3) is 6.01 Å². The van der Waals surface area contributed by atoms with Crippen LogP contribution in [-0.2, 0) is 14.3 Å². The van der Waals surface area contributed by atoms with Gasteiger partial charge in [0.05, 0.1) is 35.0 Å². The fourth-order valence-corrected chi connectivity index (χ4v) is 4.83. The number of fused-ring (bicyclic) bond motifs is 2. The van der Waals surface area contributed by atoms with E-state index in [4.69, 9.17) is 25.8 Å². The second kappa shape index (κ2) is 7.47. The molecule has 1 amide bonds. The van der Waals surface area contributed by atoms with Crippen molar-refractivity contribution < 1.29 is 19.0 Å². The highest BCUT2D eigenvalue weighted by molar-refractivity contribution is 6.33. The van der Waals surface area contributed by atoms with Crippen LogP contribution in [0.5, 0.6) is 6.01 Å². The van der Waals surface area contributed by atoms with Crippen molar-refractivity contribution in [1.29, 1.82) is 0 Å². The van der Waals surface area contributed by atoms with Crippen LogP contribution in [0.2, 0.25) is 5.02 Å². The Kier molecular flexibility index (Phi) is 4.59. The van der Waals surface area contributed by atoms with Crippen molar-refractivity contribution >= 4 is 28.7 Å². The molecule has 0 bridgehead atoms. The largest absolute Gasteiger partial charge is 0.456 e. The van der Waals surface area contributed by atoms with Gasteiger partial charge >= 0.3 is 0 Å². The van der Waals surface area contributed by atoms with Crippen LogP contribution in [0.15, 0.2) is 30.3 Å². The summed E-state index contributed by atoms with van der Waals surface area (Å²) in [5.41, 5.74) is 3.85. The van der Waals surface area contributed by atoms with E-state index in [9.17, 15) is 4.79 Å². The minimum absolute atomic E-state index is 0.0523. The van der Waals surface area contributed by atoms with Crippen LogP contribution in [0.4, 0.5) is 0 Å². The van der Waals surface area contributed by atoms with Crippen molar-refractivity contribution in [3.8, 4) is 17.3 Å². The number of rotatable bonds is 4. The molecule has 3 fully saturated rings. The normalized spacial score (nSPS) is 27.6. The van der Waals surface area contributed by atoms with Crippen molar-refractivity contribution in [2.24, 2.45) is 0 Å². The lowest BCUT2D eigenvalue weighted by Gasteiger charge is -2.15. The van der Waals surface area contributed by atoms with Crippen molar-refractivity contribution in [1.82, 2.24) is 20.3 Å². The lowest BCUT2D eigenvalue weighted by Crippen LogP contribution is -2.32. The number of aromatic amines is 1. The van der Waals surface area contributed by atoms with E-state index in [0.717, 1.165) is 24.0 Å². The molecule has 6 rings (SSSR count). The number of hydrogen-bond acceptors (Lipinski definition) is 6. The predicted octanol–water partition coefficient (Wildman–Crippen LogP) is 3.16. The Morgan fingerprint density at radius 2 is 2.00 bits per heavy atom. The second-order valence-corrected chi connectivity index (χ2v) is 8.57. The zero-order valence-electron chi connectivity index (χ0n) is 16.6. The molecule has 2 N–H and O–H groups in total. The van der Waals surface area contributed by atoms with Crippen molar-refractivity contribution in [3.63, 3.8) is 0 Å². The molecule has 0 spiro atoms. The van der Waals surface area contributed by atoms with Crippen LogP contribution in [0.25, 0.3) is 22.4 Å². The highest BCUT2D eigenvalue weighted by atomic mass is 35.5. The maximum absolute atomic E-state index is 11.5. The molecule has 0 aliphatic carbocycles. The van der Waals surface area contributed by atoms with Crippen LogP contribution in [0.1, 0.15) is 30.9 Å². The molecule has 3 aromatic rings. The van der Waals surface area contributed by atoms with Crippen molar-refractivity contribution in [2.75, 3.05) is 13.2 Å². The van der Waals surface area contributed by atoms with Gasteiger partial charge in [0.15, 0.2) is 11.8 Å². The molecule has 4 atom stereocenters. The van der Waals surface area contributed by atoms with Gasteiger partial charge in [-0.05, 0) is 24.5 Å². The first kappa shape index (κ1) is 19.0. The number of carbonyl (C=O) groups is 1. The van der Waals surface area contributed by atoms with Gasteiger partial charge < -0.3 is 24.5 Å². The molecule has 3 aliphatic rings. The summed E-state index contributed by atoms with van der Waals surface area (Å²) in [5, 5.41) is 3.51. The molecule has 160 valence electrons. The molecule has 1 unspecified atom stereocenters. The number of ether oxygens (including phenoxy) is 3. The first-order valence-corrected chi connectivity index (χ1v) is 10.9. The minimum Gasteiger partial charge on any atom is -0.456 e. The lowest BCUT2D eigenvalue weighted by atomic mass is 10.0. The number of amides is 1. The fourth-order valence-electron chi connectivity index (χ4n) is 4.57. The summed E-state index contributed by atoms with van der Waals surface area (Å²) in [7, 11) is 0. The molecule has 9 heteroatoms. The number of hydrogen-bond donors (Lipinski definition) is 2. The van der Waals surface area contributed by atoms with E-state index >= 15 is 0 Å². The van der Waals surface area contributed by atoms with Gasteiger partial charge in [-0.1, -0.05) is 35.9 Å². The molecular weight excluding hydrogens is 420 g/mol. The number of halogens is 1. The fraction of sp³-hybridized carbons (Fsp3) is 0.409. The first-order chi connectivity index (χ1) is 15.1. The Balaban J connectivity index is 1.25. The van der Waals surface area contributed by atoms with Gasteiger partial charge in [-0.3, -0.25) is 4.79 Å². The van der Waals surface area contributed by atoms with E-state index in [0.29, 0.717) is 47.5 Å². The van der Waals surface area contributed by atoms with E-state index < -0.39 is 0 Å². The number of nitrogens with zero attached hydrogens (tertiary/aromatic N) is 2. The topological polar surface area (TPSA) is 98.4 Å². The summed E-state index contributed by atoms with van der Waals surface area (Å²) in [6, 6.07) is 10.2. The Morgan fingerprint density at radius 1 is 1.13 bits per heavy atom. The van der Waals surface area contributed by atoms with E-state index in [-0.39, 0.29) is 30.3 Å². The average molecular weight is 441 g/mol. The van der Waals surface area contributed by atoms with Gasteiger partial charge in [0.1, 0.15) is 6.10 Å². The number of pyridine rings is 1. The van der Waals surface area contributed by atoms with Crippen LogP contribution in [0, 0.1) is 0 Å². The van der Waals surface area contributed by atoms with Gasteiger partial charge in [-0.2, -0.15) is 4.98 Å². The molecule has 1 aromatic carbocycles. The highest BCUT2D eigenvalue weighted by Crippen LogP contribution is 2.33. The van der Waals surface area contributed by atoms with Crippen LogP contribution >= 0.6 is 11.6 Å². The number of benzene rings is 1. The van der Waals surface area contributed by atoms with Crippen molar-refractivity contribution in [2.45, 2.75) is 43.6 Å². The summed E-state index contributed by atoms with van der Waals surface area (Å²) in [5.74, 6) is 0.0972. The predicted molar refractivity (Wildman–Crippen MR) is 113 cm³/mol. The monoisotopic (exact) mass is 440 g/mol. The van der Waals surface area contributed by atoms with Crippen molar-refractivity contribution in [3.05, 3.63) is 40.9 Å². The van der Waals surface area contributed by atoms with Crippen LogP contribution in [0.3, 0.4) is 0 Å². The highest BCUT2D eigenvalue weighted by Gasteiger charge is 2.43. The van der Waals surface area contributed by atoms with Gasteiger partial charge in [-0.15, -0.1) is 0 Å². The number of nitrogens with one attached hydrogen (secondary N) is 2. The summed E-state index contributed by atoms with van der Waals surface area (Å²) in [4.78, 5) is 23.8. The molecule has 0 radical (unpaired) electrons.